The maximum absolute atomic E-state index is 3.43. The van der Waals surface area contributed by atoms with Crippen LogP contribution in [0.15, 0.2) is 12.4 Å². The van der Waals surface area contributed by atoms with Crippen molar-refractivity contribution in [3.63, 3.8) is 0 Å². The highest BCUT2D eigenvalue weighted by Crippen LogP contribution is 2.30. The first-order valence-corrected chi connectivity index (χ1v) is 6.71. The van der Waals surface area contributed by atoms with Crippen molar-refractivity contribution in [2.24, 2.45) is 0 Å². The molecule has 1 N–H and O–H groups in total. The van der Waals surface area contributed by atoms with Gasteiger partial charge in [0.05, 0.1) is 0 Å². The average molecular weight is 235 g/mol. The molecule has 1 aromatic rings. The van der Waals surface area contributed by atoms with E-state index in [1.807, 2.05) is 0 Å². The van der Waals surface area contributed by atoms with Gasteiger partial charge < -0.3 is 14.8 Å². The molecule has 0 radical (unpaired) electrons. The summed E-state index contributed by atoms with van der Waals surface area (Å²) in [5, 5.41) is 3.43. The van der Waals surface area contributed by atoms with Gasteiger partial charge >= 0.3 is 0 Å². The Hall–Kier alpha value is -0.800. The third-order valence-electron chi connectivity index (χ3n) is 3.68. The van der Waals surface area contributed by atoms with Crippen LogP contribution in [0.4, 0.5) is 0 Å². The summed E-state index contributed by atoms with van der Waals surface area (Å²) in [5.74, 6) is 0. The zero-order chi connectivity index (χ0) is 12.3. The van der Waals surface area contributed by atoms with Crippen molar-refractivity contribution in [1.29, 1.82) is 0 Å². The molecule has 0 spiro atoms. The number of rotatable bonds is 5. The Morgan fingerprint density at radius 2 is 2.24 bits per heavy atom. The molecule has 2 rings (SSSR count). The van der Waals surface area contributed by atoms with Gasteiger partial charge in [-0.25, -0.2) is 0 Å². The van der Waals surface area contributed by atoms with Crippen LogP contribution in [0.2, 0.25) is 0 Å². The molecule has 1 heterocycles. The first-order valence-electron chi connectivity index (χ1n) is 6.71. The van der Waals surface area contributed by atoms with E-state index >= 15 is 0 Å². The molecule has 1 unspecified atom stereocenters. The Morgan fingerprint density at radius 3 is 2.94 bits per heavy atom. The molecule has 3 heteroatoms. The molecule has 96 valence electrons. The highest BCUT2D eigenvalue weighted by atomic mass is 15.1. The first kappa shape index (κ1) is 12.7. The van der Waals surface area contributed by atoms with Gasteiger partial charge in [-0.2, -0.15) is 0 Å². The van der Waals surface area contributed by atoms with E-state index in [-0.39, 0.29) is 0 Å². The standard InChI is InChI=1S/C14H25N3/c1-15-14-7-4-6-12-10-17(11-13(12)14)9-5-8-16(2)3/h10-11,14-15H,4-9H2,1-3H3. The van der Waals surface area contributed by atoms with Crippen LogP contribution >= 0.6 is 0 Å². The predicted molar refractivity (Wildman–Crippen MR) is 72.3 cm³/mol. The lowest BCUT2D eigenvalue weighted by Crippen LogP contribution is -2.20. The topological polar surface area (TPSA) is 20.2 Å². The lowest BCUT2D eigenvalue weighted by molar-refractivity contribution is 0.386. The highest BCUT2D eigenvalue weighted by Gasteiger charge is 2.20. The zero-order valence-electron chi connectivity index (χ0n) is 11.4. The Bertz CT molecular complexity index is 354. The minimum atomic E-state index is 0.578. The van der Waals surface area contributed by atoms with Gasteiger partial charge in [0.25, 0.3) is 0 Å². The third-order valence-corrected chi connectivity index (χ3v) is 3.68. The van der Waals surface area contributed by atoms with Crippen molar-refractivity contribution in [3.8, 4) is 0 Å². The second-order valence-corrected chi connectivity index (χ2v) is 5.37. The van der Waals surface area contributed by atoms with E-state index in [9.17, 15) is 0 Å². The summed E-state index contributed by atoms with van der Waals surface area (Å²) in [6, 6.07) is 0.578. The molecule has 0 bridgehead atoms. The monoisotopic (exact) mass is 235 g/mol. The van der Waals surface area contributed by atoms with E-state index in [0.717, 1.165) is 13.1 Å². The summed E-state index contributed by atoms with van der Waals surface area (Å²) in [6.07, 6.45) is 9.80. The normalized spacial score (nSPS) is 19.6. The quantitative estimate of drug-likeness (QED) is 0.843. The summed E-state index contributed by atoms with van der Waals surface area (Å²) in [4.78, 5) is 2.25. The van der Waals surface area contributed by atoms with Gasteiger partial charge in [-0.15, -0.1) is 0 Å². The van der Waals surface area contributed by atoms with E-state index in [2.05, 4.69) is 48.3 Å². The molecule has 1 aromatic heterocycles. The fourth-order valence-corrected chi connectivity index (χ4v) is 2.75. The van der Waals surface area contributed by atoms with Gasteiger partial charge in [-0.1, -0.05) is 0 Å². The molecule has 0 saturated carbocycles. The van der Waals surface area contributed by atoms with E-state index in [0.29, 0.717) is 6.04 Å². The second kappa shape index (κ2) is 5.69. The predicted octanol–water partition coefficient (Wildman–Crippen LogP) is 2.04. The van der Waals surface area contributed by atoms with Gasteiger partial charge in [0.15, 0.2) is 0 Å². The van der Waals surface area contributed by atoms with Crippen molar-refractivity contribution in [2.75, 3.05) is 27.7 Å². The molecular formula is C14H25N3. The van der Waals surface area contributed by atoms with Crippen LogP contribution in [0, 0.1) is 0 Å². The Balaban J connectivity index is 1.98. The number of fused-ring (bicyclic) bond motifs is 1. The van der Waals surface area contributed by atoms with Gasteiger partial charge in [0.2, 0.25) is 0 Å². The number of nitrogens with zero attached hydrogens (tertiary/aromatic N) is 2. The van der Waals surface area contributed by atoms with Gasteiger partial charge in [0, 0.05) is 25.0 Å². The lowest BCUT2D eigenvalue weighted by Gasteiger charge is -2.21. The van der Waals surface area contributed by atoms with Gasteiger partial charge in [0.1, 0.15) is 0 Å². The van der Waals surface area contributed by atoms with Crippen LogP contribution in [0.3, 0.4) is 0 Å². The van der Waals surface area contributed by atoms with E-state index in [4.69, 9.17) is 0 Å². The molecule has 0 aliphatic heterocycles. The number of hydrogen-bond acceptors (Lipinski definition) is 2. The van der Waals surface area contributed by atoms with E-state index in [1.165, 1.54) is 31.2 Å². The Kier molecular flexibility index (Phi) is 4.24. The highest BCUT2D eigenvalue weighted by molar-refractivity contribution is 5.30. The number of aromatic nitrogens is 1. The van der Waals surface area contributed by atoms with Crippen LogP contribution in [0.25, 0.3) is 0 Å². The molecular weight excluding hydrogens is 210 g/mol. The summed E-state index contributed by atoms with van der Waals surface area (Å²) in [6.45, 7) is 2.31. The van der Waals surface area contributed by atoms with Crippen molar-refractivity contribution >= 4 is 0 Å². The number of nitrogens with one attached hydrogen (secondary N) is 1. The fraction of sp³-hybridized carbons (Fsp3) is 0.714. The lowest BCUT2D eigenvalue weighted by atomic mass is 9.91. The molecule has 0 aromatic carbocycles. The smallest absolute Gasteiger partial charge is 0.0335 e. The van der Waals surface area contributed by atoms with Crippen LogP contribution in [-0.4, -0.2) is 37.2 Å². The zero-order valence-corrected chi connectivity index (χ0v) is 11.4. The summed E-state index contributed by atoms with van der Waals surface area (Å²) < 4.78 is 2.38. The Labute approximate surface area is 105 Å². The van der Waals surface area contributed by atoms with Gasteiger partial charge in [-0.05, 0) is 64.5 Å². The number of aryl methyl sites for hydroxylation is 2. The number of hydrogen-bond donors (Lipinski definition) is 1. The minimum Gasteiger partial charge on any atom is -0.354 e. The maximum atomic E-state index is 3.43. The fourth-order valence-electron chi connectivity index (χ4n) is 2.75. The van der Waals surface area contributed by atoms with Crippen LogP contribution in [-0.2, 0) is 13.0 Å². The minimum absolute atomic E-state index is 0.578. The summed E-state index contributed by atoms with van der Waals surface area (Å²) >= 11 is 0. The summed E-state index contributed by atoms with van der Waals surface area (Å²) in [7, 11) is 6.35. The van der Waals surface area contributed by atoms with Crippen LogP contribution < -0.4 is 5.32 Å². The Morgan fingerprint density at radius 1 is 1.41 bits per heavy atom. The molecule has 1 atom stereocenters. The molecule has 17 heavy (non-hydrogen) atoms. The molecule has 0 amide bonds. The molecule has 0 fully saturated rings. The first-order chi connectivity index (χ1) is 8.20. The summed E-state index contributed by atoms with van der Waals surface area (Å²) in [5.41, 5.74) is 3.09. The van der Waals surface area contributed by atoms with Crippen molar-refractivity contribution in [2.45, 2.75) is 38.3 Å². The maximum Gasteiger partial charge on any atom is 0.0335 e. The molecule has 0 saturated heterocycles. The molecule has 1 aliphatic carbocycles. The van der Waals surface area contributed by atoms with Crippen molar-refractivity contribution < 1.29 is 0 Å². The molecule has 1 aliphatic rings. The van der Waals surface area contributed by atoms with Gasteiger partial charge in [-0.3, -0.25) is 0 Å². The van der Waals surface area contributed by atoms with Crippen molar-refractivity contribution in [3.05, 3.63) is 23.5 Å². The molecule has 3 nitrogen and oxygen atoms in total. The van der Waals surface area contributed by atoms with E-state index < -0.39 is 0 Å². The van der Waals surface area contributed by atoms with Crippen molar-refractivity contribution in [1.82, 2.24) is 14.8 Å². The largest absolute Gasteiger partial charge is 0.354 e. The second-order valence-electron chi connectivity index (χ2n) is 5.37. The van der Waals surface area contributed by atoms with Crippen LogP contribution in [0.1, 0.15) is 36.4 Å². The third kappa shape index (κ3) is 3.11. The SMILES string of the molecule is CNC1CCCc2cn(CCCN(C)C)cc21. The van der Waals surface area contributed by atoms with E-state index in [1.54, 1.807) is 5.56 Å². The average Bonchev–Trinajstić information content (AvgIpc) is 2.70. The van der Waals surface area contributed by atoms with Crippen LogP contribution in [0.5, 0.6) is 0 Å².